The minimum absolute atomic E-state index is 0.0385. The van der Waals surface area contributed by atoms with Crippen LogP contribution in [0.25, 0.3) is 5.57 Å². The summed E-state index contributed by atoms with van der Waals surface area (Å²) in [5.41, 5.74) is 2.12. The van der Waals surface area contributed by atoms with Gasteiger partial charge in [0.25, 0.3) is 11.5 Å². The third-order valence-corrected chi connectivity index (χ3v) is 7.64. The van der Waals surface area contributed by atoms with E-state index in [0.717, 1.165) is 11.3 Å². The maximum absolute atomic E-state index is 14.1. The number of fused-ring (bicyclic) bond motifs is 2. The van der Waals surface area contributed by atoms with Crippen molar-refractivity contribution in [2.45, 2.75) is 19.9 Å². The summed E-state index contributed by atoms with van der Waals surface area (Å²) in [6.45, 7) is 6.48. The number of esters is 2. The van der Waals surface area contributed by atoms with Crippen LogP contribution in [0, 0.1) is 0 Å². The van der Waals surface area contributed by atoms with Gasteiger partial charge in [-0.15, -0.1) is 0 Å². The van der Waals surface area contributed by atoms with Crippen molar-refractivity contribution in [3.63, 3.8) is 0 Å². The van der Waals surface area contributed by atoms with Crippen molar-refractivity contribution in [2.24, 2.45) is 4.99 Å². The Morgan fingerprint density at radius 2 is 1.90 bits per heavy atom. The van der Waals surface area contributed by atoms with E-state index >= 15 is 0 Å². The van der Waals surface area contributed by atoms with Crippen LogP contribution in [0.5, 0.6) is 11.5 Å². The lowest BCUT2D eigenvalue weighted by atomic mass is 9.95. The van der Waals surface area contributed by atoms with Gasteiger partial charge in [-0.1, -0.05) is 48.3 Å². The number of para-hydroxylation sites is 1. The predicted octanol–water partition coefficient (Wildman–Crippen LogP) is 2.24. The van der Waals surface area contributed by atoms with Gasteiger partial charge in [-0.2, -0.15) is 0 Å². The highest BCUT2D eigenvalue weighted by Crippen LogP contribution is 2.37. The molecule has 2 aliphatic heterocycles. The van der Waals surface area contributed by atoms with Crippen LogP contribution in [0.15, 0.2) is 76.2 Å². The van der Waals surface area contributed by atoms with Crippen LogP contribution in [0.2, 0.25) is 0 Å². The number of carbonyl (C=O) groups excluding carboxylic acids is 3. The Kier molecular flexibility index (Phi) is 6.99. The van der Waals surface area contributed by atoms with Gasteiger partial charge in [0.1, 0.15) is 11.1 Å². The molecule has 40 heavy (non-hydrogen) atoms. The minimum Gasteiger partial charge on any atom is -0.493 e. The standard InChI is InChI=1S/C29H25N3O7S/c1-6-13-38-28(36)22-15(2)30-29-32(24(22)17-11-12-20(39-16(3)33)21(14-17)37-5)27(35)25(40-29)23-18-9-7-8-10-19(18)31(4)26(23)34/h6-12,14,24H,1,13H2,2-5H3. The molecule has 10 nitrogen and oxygen atoms in total. The third-order valence-electron chi connectivity index (χ3n) is 6.59. The van der Waals surface area contributed by atoms with Crippen LogP contribution in [0.1, 0.15) is 31.0 Å². The lowest BCUT2D eigenvalue weighted by molar-refractivity contribution is -0.138. The normalized spacial score (nSPS) is 17.1. The summed E-state index contributed by atoms with van der Waals surface area (Å²) in [6, 6.07) is 11.0. The number of carbonyl (C=O) groups is 3. The summed E-state index contributed by atoms with van der Waals surface area (Å²) < 4.78 is 17.7. The lowest BCUT2D eigenvalue weighted by Crippen LogP contribution is -2.40. The number of allylic oxidation sites excluding steroid dienone is 1. The molecule has 0 saturated carbocycles. The molecule has 11 heteroatoms. The smallest absolute Gasteiger partial charge is 0.338 e. The molecule has 3 aromatic rings. The highest BCUT2D eigenvalue weighted by Gasteiger charge is 2.36. The molecular formula is C29H25N3O7S. The molecule has 2 aromatic carbocycles. The average Bonchev–Trinajstić information content (AvgIpc) is 3.38. The first-order valence-corrected chi connectivity index (χ1v) is 13.1. The number of nitrogens with zero attached hydrogens (tertiary/aromatic N) is 3. The van der Waals surface area contributed by atoms with Crippen LogP contribution >= 0.6 is 11.3 Å². The predicted molar refractivity (Wildman–Crippen MR) is 148 cm³/mol. The Morgan fingerprint density at radius 1 is 1.15 bits per heavy atom. The van der Waals surface area contributed by atoms with Crippen molar-refractivity contribution in [1.29, 1.82) is 0 Å². The number of ether oxygens (including phenoxy) is 3. The first kappa shape index (κ1) is 26.8. The zero-order valence-electron chi connectivity index (χ0n) is 22.2. The maximum Gasteiger partial charge on any atom is 0.338 e. The number of amides is 1. The molecule has 3 heterocycles. The second kappa shape index (κ2) is 10.4. The van der Waals surface area contributed by atoms with Gasteiger partial charge in [0.15, 0.2) is 16.3 Å². The first-order chi connectivity index (χ1) is 19.2. The highest BCUT2D eigenvalue weighted by molar-refractivity contribution is 7.07. The fourth-order valence-electron chi connectivity index (χ4n) is 4.84. The molecule has 2 aliphatic rings. The summed E-state index contributed by atoms with van der Waals surface area (Å²) in [7, 11) is 3.07. The molecule has 1 aromatic heterocycles. The topological polar surface area (TPSA) is 117 Å². The number of hydrogen-bond acceptors (Lipinski definition) is 9. The van der Waals surface area contributed by atoms with E-state index in [0.29, 0.717) is 27.3 Å². The van der Waals surface area contributed by atoms with Gasteiger partial charge in [0, 0.05) is 19.5 Å². The second-order valence-electron chi connectivity index (χ2n) is 9.05. The number of thiazole rings is 1. The minimum atomic E-state index is -0.965. The van der Waals surface area contributed by atoms with E-state index < -0.39 is 23.5 Å². The van der Waals surface area contributed by atoms with E-state index in [1.807, 2.05) is 12.1 Å². The summed E-state index contributed by atoms with van der Waals surface area (Å²) in [6.07, 6.45) is 1.44. The number of benzene rings is 2. The number of anilines is 1. The van der Waals surface area contributed by atoms with E-state index in [-0.39, 0.29) is 39.7 Å². The summed E-state index contributed by atoms with van der Waals surface area (Å²) in [4.78, 5) is 58.7. The van der Waals surface area contributed by atoms with Crippen molar-refractivity contribution < 1.29 is 28.6 Å². The first-order valence-electron chi connectivity index (χ1n) is 12.2. The fraction of sp³-hybridized carbons (Fsp3) is 0.207. The molecule has 1 amide bonds. The van der Waals surface area contributed by atoms with E-state index in [9.17, 15) is 19.2 Å². The maximum atomic E-state index is 14.1. The number of hydrogen-bond donors (Lipinski definition) is 0. The van der Waals surface area contributed by atoms with Gasteiger partial charge >= 0.3 is 11.9 Å². The van der Waals surface area contributed by atoms with Crippen LogP contribution in [0.3, 0.4) is 0 Å². The molecule has 0 bridgehead atoms. The zero-order chi connectivity index (χ0) is 28.7. The monoisotopic (exact) mass is 559 g/mol. The number of rotatable bonds is 6. The third kappa shape index (κ3) is 4.34. The molecule has 0 saturated heterocycles. The number of methoxy groups -OCH3 is 1. The Balaban J connectivity index is 1.79. The van der Waals surface area contributed by atoms with Crippen LogP contribution in [0.4, 0.5) is 5.69 Å². The van der Waals surface area contributed by atoms with Crippen molar-refractivity contribution in [2.75, 3.05) is 25.7 Å². The quantitative estimate of drug-likeness (QED) is 0.258. The number of aromatic nitrogens is 1. The van der Waals surface area contributed by atoms with Gasteiger partial charge in [-0.3, -0.25) is 19.0 Å². The second-order valence-corrected chi connectivity index (χ2v) is 10.0. The molecule has 1 atom stereocenters. The van der Waals surface area contributed by atoms with Crippen LogP contribution < -0.4 is 29.3 Å². The molecule has 0 aliphatic carbocycles. The van der Waals surface area contributed by atoms with Crippen molar-refractivity contribution in [3.05, 3.63) is 97.2 Å². The van der Waals surface area contributed by atoms with E-state index in [1.165, 1.54) is 35.6 Å². The molecule has 0 fully saturated rings. The number of likely N-dealkylation sites (N-methyl/N-ethyl adjacent to an activating group) is 1. The van der Waals surface area contributed by atoms with Crippen molar-refractivity contribution in [1.82, 2.24) is 4.57 Å². The molecule has 0 N–H and O–H groups in total. The van der Waals surface area contributed by atoms with Crippen LogP contribution in [-0.4, -0.2) is 43.2 Å². The van der Waals surface area contributed by atoms with Crippen molar-refractivity contribution >= 4 is 40.4 Å². The Labute approximate surface area is 232 Å². The summed E-state index contributed by atoms with van der Waals surface area (Å²) >= 11 is 1.08. The van der Waals surface area contributed by atoms with Gasteiger partial charge in [0.05, 0.1) is 35.7 Å². The highest BCUT2D eigenvalue weighted by atomic mass is 32.1. The molecule has 204 valence electrons. The Bertz CT molecular complexity index is 1820. The SMILES string of the molecule is C=CCOC(=O)C1=C(C)N=c2sc(=C3C(=O)N(C)c4ccccc43)c(=O)n2C1c1ccc(OC(C)=O)c(OC)c1. The Hall–Kier alpha value is -4.77. The zero-order valence-corrected chi connectivity index (χ0v) is 23.0. The van der Waals surface area contributed by atoms with Gasteiger partial charge < -0.3 is 19.1 Å². The van der Waals surface area contributed by atoms with Gasteiger partial charge in [-0.05, 0) is 30.7 Å². The average molecular weight is 560 g/mol. The molecular weight excluding hydrogens is 534 g/mol. The lowest BCUT2D eigenvalue weighted by Gasteiger charge is -2.25. The summed E-state index contributed by atoms with van der Waals surface area (Å²) in [5, 5.41) is 0. The van der Waals surface area contributed by atoms with Crippen LogP contribution in [-0.2, 0) is 19.1 Å². The van der Waals surface area contributed by atoms with E-state index in [1.54, 1.807) is 38.2 Å². The van der Waals surface area contributed by atoms with Gasteiger partial charge in [-0.25, -0.2) is 9.79 Å². The fourth-order valence-corrected chi connectivity index (χ4v) is 5.98. The van der Waals surface area contributed by atoms with E-state index in [2.05, 4.69) is 11.6 Å². The van der Waals surface area contributed by atoms with Crippen molar-refractivity contribution in [3.8, 4) is 11.5 Å². The van der Waals surface area contributed by atoms with E-state index in [4.69, 9.17) is 14.2 Å². The summed E-state index contributed by atoms with van der Waals surface area (Å²) in [5.74, 6) is -1.10. The molecule has 0 radical (unpaired) electrons. The largest absolute Gasteiger partial charge is 0.493 e. The Morgan fingerprint density at radius 3 is 2.60 bits per heavy atom. The molecule has 1 unspecified atom stereocenters. The van der Waals surface area contributed by atoms with Gasteiger partial charge in [0.2, 0.25) is 0 Å². The molecule has 0 spiro atoms. The molecule has 5 rings (SSSR count).